The number of carbonyl (C=O) groups is 1. The van der Waals surface area contributed by atoms with E-state index in [0.717, 1.165) is 30.5 Å². The zero-order chi connectivity index (χ0) is 13.6. The number of aromatic carboxylic acids is 1. The molecule has 0 bridgehead atoms. The Morgan fingerprint density at radius 1 is 1.53 bits per heavy atom. The van der Waals surface area contributed by atoms with Gasteiger partial charge in [0.05, 0.1) is 22.8 Å². The van der Waals surface area contributed by atoms with Crippen molar-refractivity contribution < 1.29 is 9.90 Å². The van der Waals surface area contributed by atoms with E-state index in [4.69, 9.17) is 0 Å². The summed E-state index contributed by atoms with van der Waals surface area (Å²) < 4.78 is 0. The second-order valence-electron chi connectivity index (χ2n) is 5.66. The molecule has 2 aromatic heterocycles. The van der Waals surface area contributed by atoms with Crippen molar-refractivity contribution in [3.63, 3.8) is 0 Å². The second-order valence-corrected chi connectivity index (χ2v) is 5.66. The number of hydrogen-bond acceptors (Lipinski definition) is 3. The molecule has 2 N–H and O–H groups in total. The molecule has 19 heavy (non-hydrogen) atoms. The Hall–Kier alpha value is -1.91. The lowest BCUT2D eigenvalue weighted by Gasteiger charge is -2.14. The summed E-state index contributed by atoms with van der Waals surface area (Å²) >= 11 is 0. The van der Waals surface area contributed by atoms with Gasteiger partial charge in [0.1, 0.15) is 0 Å². The number of pyridine rings is 1. The molecule has 0 amide bonds. The van der Waals surface area contributed by atoms with E-state index in [0.29, 0.717) is 28.4 Å². The molecule has 3 rings (SSSR count). The van der Waals surface area contributed by atoms with Crippen LogP contribution in [0.15, 0.2) is 6.20 Å². The molecular formula is C14H17N3O2. The van der Waals surface area contributed by atoms with Crippen LogP contribution in [0.3, 0.4) is 0 Å². The van der Waals surface area contributed by atoms with E-state index in [1.807, 2.05) is 0 Å². The van der Waals surface area contributed by atoms with E-state index >= 15 is 0 Å². The molecule has 0 unspecified atom stereocenters. The molecule has 100 valence electrons. The molecule has 1 saturated carbocycles. The summed E-state index contributed by atoms with van der Waals surface area (Å²) in [6.45, 7) is 4.20. The SMILES string of the molecule is CC(C)Cc1c(C2CC2)nc2[nH]ncc2c1C(=O)O. The molecule has 1 aliphatic carbocycles. The van der Waals surface area contributed by atoms with E-state index < -0.39 is 5.97 Å². The largest absolute Gasteiger partial charge is 0.478 e. The first-order chi connectivity index (χ1) is 9.08. The van der Waals surface area contributed by atoms with Crippen LogP contribution in [-0.2, 0) is 6.42 Å². The highest BCUT2D eigenvalue weighted by Gasteiger charge is 2.31. The quantitative estimate of drug-likeness (QED) is 0.884. The molecule has 1 fully saturated rings. The average Bonchev–Trinajstić information content (AvgIpc) is 3.06. The third-order valence-corrected chi connectivity index (χ3v) is 3.52. The highest BCUT2D eigenvalue weighted by molar-refractivity contribution is 6.03. The molecule has 5 nitrogen and oxygen atoms in total. The Kier molecular flexibility index (Phi) is 2.77. The lowest BCUT2D eigenvalue weighted by Crippen LogP contribution is -2.11. The fourth-order valence-electron chi connectivity index (χ4n) is 2.58. The van der Waals surface area contributed by atoms with Crippen molar-refractivity contribution in [1.82, 2.24) is 15.2 Å². The first kappa shape index (κ1) is 12.1. The fourth-order valence-corrected chi connectivity index (χ4v) is 2.58. The van der Waals surface area contributed by atoms with Gasteiger partial charge in [-0.2, -0.15) is 5.10 Å². The first-order valence-corrected chi connectivity index (χ1v) is 6.67. The van der Waals surface area contributed by atoms with E-state index in [-0.39, 0.29) is 0 Å². The number of fused-ring (bicyclic) bond motifs is 1. The molecule has 0 saturated heterocycles. The number of aromatic amines is 1. The summed E-state index contributed by atoms with van der Waals surface area (Å²) in [5, 5.41) is 16.9. The molecule has 0 aromatic carbocycles. The van der Waals surface area contributed by atoms with Crippen LogP contribution in [0.4, 0.5) is 0 Å². The number of rotatable bonds is 4. The molecule has 0 radical (unpaired) electrons. The third-order valence-electron chi connectivity index (χ3n) is 3.52. The van der Waals surface area contributed by atoms with Gasteiger partial charge in [-0.05, 0) is 30.7 Å². The maximum atomic E-state index is 11.6. The Morgan fingerprint density at radius 3 is 2.84 bits per heavy atom. The number of nitrogens with zero attached hydrogens (tertiary/aromatic N) is 2. The summed E-state index contributed by atoms with van der Waals surface area (Å²) in [4.78, 5) is 16.3. The second kappa shape index (κ2) is 4.33. The zero-order valence-corrected chi connectivity index (χ0v) is 11.1. The van der Waals surface area contributed by atoms with Crippen molar-refractivity contribution in [1.29, 1.82) is 0 Å². The molecule has 2 heterocycles. The summed E-state index contributed by atoms with van der Waals surface area (Å²) in [6.07, 6.45) is 4.53. The molecular weight excluding hydrogens is 242 g/mol. The summed E-state index contributed by atoms with van der Waals surface area (Å²) in [7, 11) is 0. The summed E-state index contributed by atoms with van der Waals surface area (Å²) in [5.74, 6) is -0.0485. The number of hydrogen-bond donors (Lipinski definition) is 2. The number of H-pyrrole nitrogens is 1. The van der Waals surface area contributed by atoms with Gasteiger partial charge in [-0.1, -0.05) is 13.8 Å². The van der Waals surface area contributed by atoms with Crippen molar-refractivity contribution in [2.24, 2.45) is 5.92 Å². The predicted octanol–water partition coefficient (Wildman–Crippen LogP) is 2.73. The minimum Gasteiger partial charge on any atom is -0.478 e. The van der Waals surface area contributed by atoms with Gasteiger partial charge in [0.2, 0.25) is 0 Å². The van der Waals surface area contributed by atoms with Gasteiger partial charge >= 0.3 is 5.97 Å². The van der Waals surface area contributed by atoms with Crippen LogP contribution >= 0.6 is 0 Å². The van der Waals surface area contributed by atoms with Crippen LogP contribution in [0.5, 0.6) is 0 Å². The lowest BCUT2D eigenvalue weighted by molar-refractivity contribution is 0.0697. The summed E-state index contributed by atoms with van der Waals surface area (Å²) in [5.41, 5.74) is 2.84. The van der Waals surface area contributed by atoms with Gasteiger partial charge in [-0.25, -0.2) is 9.78 Å². The van der Waals surface area contributed by atoms with Gasteiger partial charge in [0.15, 0.2) is 5.65 Å². The molecule has 1 aliphatic rings. The highest BCUT2D eigenvalue weighted by atomic mass is 16.4. The van der Waals surface area contributed by atoms with Gasteiger partial charge in [0, 0.05) is 5.92 Å². The normalized spacial score (nSPS) is 15.3. The summed E-state index contributed by atoms with van der Waals surface area (Å²) in [6, 6.07) is 0. The monoisotopic (exact) mass is 259 g/mol. The van der Waals surface area contributed by atoms with Crippen molar-refractivity contribution in [3.8, 4) is 0 Å². The van der Waals surface area contributed by atoms with Crippen LogP contribution in [0.2, 0.25) is 0 Å². The molecule has 0 atom stereocenters. The zero-order valence-electron chi connectivity index (χ0n) is 11.1. The van der Waals surface area contributed by atoms with E-state index in [9.17, 15) is 9.90 Å². The maximum absolute atomic E-state index is 11.6. The predicted molar refractivity (Wildman–Crippen MR) is 71.4 cm³/mol. The Balaban J connectivity index is 2.28. The van der Waals surface area contributed by atoms with E-state index in [2.05, 4.69) is 29.0 Å². The van der Waals surface area contributed by atoms with Crippen molar-refractivity contribution in [3.05, 3.63) is 23.0 Å². The fraction of sp³-hybridized carbons (Fsp3) is 0.500. The van der Waals surface area contributed by atoms with E-state index in [1.165, 1.54) is 0 Å². The number of carboxylic acid groups (broad SMARTS) is 1. The maximum Gasteiger partial charge on any atom is 0.336 e. The lowest BCUT2D eigenvalue weighted by atomic mass is 9.93. The highest BCUT2D eigenvalue weighted by Crippen LogP contribution is 2.43. The van der Waals surface area contributed by atoms with Crippen LogP contribution in [0.1, 0.15) is 54.2 Å². The van der Waals surface area contributed by atoms with Crippen LogP contribution < -0.4 is 0 Å². The average molecular weight is 259 g/mol. The van der Waals surface area contributed by atoms with Crippen molar-refractivity contribution >= 4 is 17.0 Å². The number of carboxylic acids is 1. The number of nitrogens with one attached hydrogen (secondary N) is 1. The minimum absolute atomic E-state index is 0.384. The van der Waals surface area contributed by atoms with Crippen molar-refractivity contribution in [2.75, 3.05) is 0 Å². The Labute approximate surface area is 111 Å². The molecule has 2 aromatic rings. The number of aromatic nitrogens is 3. The van der Waals surface area contributed by atoms with Gasteiger partial charge in [0.25, 0.3) is 0 Å². The van der Waals surface area contributed by atoms with Gasteiger partial charge in [-0.15, -0.1) is 0 Å². The van der Waals surface area contributed by atoms with Gasteiger partial charge < -0.3 is 5.11 Å². The van der Waals surface area contributed by atoms with Crippen LogP contribution in [0.25, 0.3) is 11.0 Å². The third kappa shape index (κ3) is 2.09. The smallest absolute Gasteiger partial charge is 0.336 e. The molecule has 5 heteroatoms. The Morgan fingerprint density at radius 2 is 2.26 bits per heavy atom. The Bertz CT molecular complexity index is 641. The molecule has 0 aliphatic heterocycles. The minimum atomic E-state index is -0.883. The van der Waals surface area contributed by atoms with Crippen LogP contribution in [-0.4, -0.2) is 26.3 Å². The van der Waals surface area contributed by atoms with E-state index in [1.54, 1.807) is 6.20 Å². The van der Waals surface area contributed by atoms with Crippen molar-refractivity contribution in [2.45, 2.75) is 39.0 Å². The first-order valence-electron chi connectivity index (χ1n) is 6.67. The topological polar surface area (TPSA) is 78.9 Å². The van der Waals surface area contributed by atoms with Crippen LogP contribution in [0, 0.1) is 5.92 Å². The van der Waals surface area contributed by atoms with Gasteiger partial charge in [-0.3, -0.25) is 5.10 Å². The molecule has 0 spiro atoms. The standard InChI is InChI=1S/C14H17N3O2/c1-7(2)5-9-11(14(18)19)10-6-15-17-13(10)16-12(9)8-3-4-8/h6-8H,3-5H2,1-2H3,(H,18,19)(H,15,16,17).